The van der Waals surface area contributed by atoms with E-state index in [0.717, 1.165) is 18.0 Å². The van der Waals surface area contributed by atoms with Gasteiger partial charge in [0.05, 0.1) is 11.4 Å². The molecule has 0 aromatic carbocycles. The molecule has 2 heterocycles. The average molecular weight is 373 g/mol. The van der Waals surface area contributed by atoms with Crippen molar-refractivity contribution in [3.05, 3.63) is 17.2 Å². The largest absolute Gasteiger partial charge is 0.504 e. The molecular formula is C15H24N4O3S2. The van der Waals surface area contributed by atoms with Crippen molar-refractivity contribution in [3.63, 3.8) is 0 Å². The van der Waals surface area contributed by atoms with Crippen molar-refractivity contribution in [2.45, 2.75) is 57.1 Å². The second-order valence-corrected chi connectivity index (χ2v) is 11.4. The summed E-state index contributed by atoms with van der Waals surface area (Å²) in [6.07, 6.45) is 1.15. The zero-order valence-electron chi connectivity index (χ0n) is 15.0. The molecule has 0 fully saturated rings. The number of nitrogens with zero attached hydrogens (tertiary/aromatic N) is 3. The van der Waals surface area contributed by atoms with Crippen LogP contribution in [0.4, 0.5) is 0 Å². The Balaban J connectivity index is 2.57. The van der Waals surface area contributed by atoms with Crippen LogP contribution in [0.5, 0.6) is 5.75 Å². The van der Waals surface area contributed by atoms with Gasteiger partial charge in [0.2, 0.25) is 0 Å². The Morgan fingerprint density at radius 2 is 1.50 bits per heavy atom. The number of sulfone groups is 1. The average Bonchev–Trinajstić information content (AvgIpc) is 2.85. The van der Waals surface area contributed by atoms with Gasteiger partial charge in [0.15, 0.2) is 31.2 Å². The highest BCUT2D eigenvalue weighted by molar-refractivity contribution is 8.23. The summed E-state index contributed by atoms with van der Waals surface area (Å²) in [5, 5.41) is 15.1. The Hall–Kier alpha value is -1.35. The summed E-state index contributed by atoms with van der Waals surface area (Å²) in [7, 11) is -3.30. The van der Waals surface area contributed by atoms with Crippen molar-refractivity contribution >= 4 is 26.6 Å². The van der Waals surface area contributed by atoms with Gasteiger partial charge in [-0.2, -0.15) is 5.10 Å². The number of hydrogen-bond donors (Lipinski definition) is 2. The smallest absolute Gasteiger partial charge is 0.196 e. The summed E-state index contributed by atoms with van der Waals surface area (Å²) in [6, 6.07) is 0. The molecule has 134 valence electrons. The van der Waals surface area contributed by atoms with Gasteiger partial charge in [0.25, 0.3) is 0 Å². The maximum Gasteiger partial charge on any atom is 0.196 e. The lowest BCUT2D eigenvalue weighted by molar-refractivity contribution is 0.406. The zero-order valence-corrected chi connectivity index (χ0v) is 16.6. The molecule has 0 bridgehead atoms. The number of hydrogen-bond acceptors (Lipinski definition) is 8. The highest BCUT2D eigenvalue weighted by atomic mass is 32.3. The molecular weight excluding hydrogens is 348 g/mol. The summed E-state index contributed by atoms with van der Waals surface area (Å²) in [5.41, 5.74) is 2.84. The second kappa shape index (κ2) is 5.87. The summed E-state index contributed by atoms with van der Waals surface area (Å²) in [4.78, 5) is 8.94. The number of hydrazone groups is 1. The third-order valence-electron chi connectivity index (χ3n) is 3.38. The van der Waals surface area contributed by atoms with Crippen molar-refractivity contribution < 1.29 is 13.5 Å². The van der Waals surface area contributed by atoms with Gasteiger partial charge in [-0.1, -0.05) is 53.3 Å². The molecule has 2 N–H and O–H groups in total. The van der Waals surface area contributed by atoms with Crippen LogP contribution in [0.1, 0.15) is 58.8 Å². The van der Waals surface area contributed by atoms with E-state index in [1.165, 1.54) is 0 Å². The molecule has 0 radical (unpaired) electrons. The summed E-state index contributed by atoms with van der Waals surface area (Å²) < 4.78 is 22.5. The molecule has 7 nitrogen and oxygen atoms in total. The van der Waals surface area contributed by atoms with Crippen LogP contribution in [0.2, 0.25) is 0 Å². The van der Waals surface area contributed by atoms with Crippen molar-refractivity contribution in [2.75, 3.05) is 6.26 Å². The third-order valence-corrected chi connectivity index (χ3v) is 6.41. The number of thioether (sulfide) groups is 1. The van der Waals surface area contributed by atoms with Crippen LogP contribution in [0.25, 0.3) is 0 Å². The monoisotopic (exact) mass is 372 g/mol. The Kier molecular flexibility index (Phi) is 4.64. The molecule has 1 aliphatic heterocycles. The van der Waals surface area contributed by atoms with E-state index < -0.39 is 25.4 Å². The molecule has 1 aromatic heterocycles. The van der Waals surface area contributed by atoms with Gasteiger partial charge in [-0.3, -0.25) is 5.43 Å². The maximum atomic E-state index is 11.7. The van der Waals surface area contributed by atoms with E-state index >= 15 is 0 Å². The number of aromatic hydroxyl groups is 1. The molecule has 1 aliphatic rings. The lowest BCUT2D eigenvalue weighted by Crippen LogP contribution is -2.25. The summed E-state index contributed by atoms with van der Waals surface area (Å²) in [5.74, 6) is 0.404. The predicted octanol–water partition coefficient (Wildman–Crippen LogP) is 2.10. The first-order valence-electron chi connectivity index (χ1n) is 7.52. The lowest BCUT2D eigenvalue weighted by atomic mass is 9.85. The molecule has 1 unspecified atom stereocenters. The van der Waals surface area contributed by atoms with Gasteiger partial charge in [0.1, 0.15) is 0 Å². The van der Waals surface area contributed by atoms with E-state index in [0.29, 0.717) is 22.3 Å². The molecule has 1 atom stereocenters. The first-order valence-corrected chi connectivity index (χ1v) is 10.4. The van der Waals surface area contributed by atoms with Crippen LogP contribution in [-0.2, 0) is 20.7 Å². The Labute approximate surface area is 147 Å². The number of nitrogens with one attached hydrogen (secondary N) is 1. The van der Waals surface area contributed by atoms with Crippen molar-refractivity contribution in [3.8, 4) is 5.75 Å². The van der Waals surface area contributed by atoms with Gasteiger partial charge in [0, 0.05) is 17.1 Å². The zero-order chi connectivity index (χ0) is 18.5. The van der Waals surface area contributed by atoms with Gasteiger partial charge in [-0.05, 0) is 0 Å². The highest BCUT2D eigenvalue weighted by Gasteiger charge is 2.34. The van der Waals surface area contributed by atoms with Crippen molar-refractivity contribution in [1.82, 2.24) is 15.4 Å². The van der Waals surface area contributed by atoms with Crippen molar-refractivity contribution in [2.24, 2.45) is 5.10 Å². The molecule has 0 saturated carbocycles. The molecule has 0 spiro atoms. The Morgan fingerprint density at radius 3 is 1.83 bits per heavy atom. The van der Waals surface area contributed by atoms with Gasteiger partial charge >= 0.3 is 0 Å². The van der Waals surface area contributed by atoms with E-state index in [1.54, 1.807) is 0 Å². The topological polar surface area (TPSA) is 105 Å². The second-order valence-electron chi connectivity index (χ2n) is 7.92. The third kappa shape index (κ3) is 3.83. The van der Waals surface area contributed by atoms with E-state index in [9.17, 15) is 13.5 Å². The van der Waals surface area contributed by atoms with Crippen molar-refractivity contribution in [1.29, 1.82) is 0 Å². The van der Waals surface area contributed by atoms with Crippen LogP contribution in [0, 0.1) is 0 Å². The minimum absolute atomic E-state index is 0.0787. The molecule has 0 aliphatic carbocycles. The molecule has 0 amide bonds. The minimum atomic E-state index is -3.30. The summed E-state index contributed by atoms with van der Waals surface area (Å²) in [6.45, 7) is 11.7. The lowest BCUT2D eigenvalue weighted by Gasteiger charge is -2.25. The van der Waals surface area contributed by atoms with Gasteiger partial charge in [-0.25, -0.2) is 18.4 Å². The first-order chi connectivity index (χ1) is 10.7. The fourth-order valence-corrected chi connectivity index (χ4v) is 3.97. The minimum Gasteiger partial charge on any atom is -0.504 e. The molecule has 0 saturated heterocycles. The fraction of sp³-hybridized carbons (Fsp3) is 0.667. The molecule has 1 aromatic rings. The van der Waals surface area contributed by atoms with E-state index in [-0.39, 0.29) is 5.75 Å². The molecule has 24 heavy (non-hydrogen) atoms. The van der Waals surface area contributed by atoms with E-state index in [2.05, 4.69) is 20.5 Å². The van der Waals surface area contributed by atoms with Crippen LogP contribution in [0.3, 0.4) is 0 Å². The number of rotatable bonds is 2. The quantitative estimate of drug-likeness (QED) is 0.819. The van der Waals surface area contributed by atoms with Crippen LogP contribution in [0.15, 0.2) is 5.10 Å². The van der Waals surface area contributed by atoms with Crippen LogP contribution in [-0.4, -0.2) is 39.5 Å². The van der Waals surface area contributed by atoms with E-state index in [4.69, 9.17) is 0 Å². The number of aromatic nitrogens is 2. The molecule has 2 rings (SSSR count). The fourth-order valence-electron chi connectivity index (χ4n) is 2.15. The van der Waals surface area contributed by atoms with E-state index in [1.807, 2.05) is 41.5 Å². The summed E-state index contributed by atoms with van der Waals surface area (Å²) >= 11 is 1.06. The SMILES string of the molecule is CC(C)(C)c1nc(C2=NNC(S(C)(=O)=O)S2)nc(C(C)(C)C)c1O. The van der Waals surface area contributed by atoms with Gasteiger partial charge < -0.3 is 5.11 Å². The standard InChI is InChI=1S/C15H24N4O3S2/c1-14(2,3)9-8(20)10(15(4,5)6)17-11(16-9)12-18-19-13(23-12)24(7,21)22/h13,19-20H,1-7H3. The predicted molar refractivity (Wildman–Crippen MR) is 97.0 cm³/mol. The van der Waals surface area contributed by atoms with Crippen LogP contribution < -0.4 is 5.43 Å². The van der Waals surface area contributed by atoms with Gasteiger partial charge in [-0.15, -0.1) is 0 Å². The maximum absolute atomic E-state index is 11.7. The Morgan fingerprint density at radius 1 is 1.04 bits per heavy atom. The molecule has 9 heteroatoms. The normalized spacial score (nSPS) is 19.1. The van der Waals surface area contributed by atoms with Crippen LogP contribution >= 0.6 is 11.8 Å². The first kappa shape index (κ1) is 19.0. The Bertz CT molecular complexity index is 755. The highest BCUT2D eigenvalue weighted by Crippen LogP contribution is 2.37.